The van der Waals surface area contributed by atoms with Crippen molar-refractivity contribution in [2.75, 3.05) is 19.0 Å². The molecule has 21 heavy (non-hydrogen) atoms. The Balaban J connectivity index is 2.26. The van der Waals surface area contributed by atoms with Crippen molar-refractivity contribution in [2.24, 2.45) is 17.8 Å². The van der Waals surface area contributed by atoms with Crippen LogP contribution in [-0.2, 0) is 4.79 Å². The molecule has 0 aliphatic heterocycles. The van der Waals surface area contributed by atoms with E-state index in [1.807, 2.05) is 14.1 Å². The molecule has 2 nitrogen and oxygen atoms in total. The first-order chi connectivity index (χ1) is 9.90. The smallest absolute Gasteiger partial charge is 0.162 e. The lowest BCUT2D eigenvalue weighted by atomic mass is 9.73. The summed E-state index contributed by atoms with van der Waals surface area (Å²) in [7, 11) is 4.07. The largest absolute Gasteiger partial charge is 0.378 e. The molecule has 0 bridgehead atoms. The lowest BCUT2D eigenvalue weighted by Crippen LogP contribution is -2.30. The summed E-state index contributed by atoms with van der Waals surface area (Å²) < 4.78 is 0. The molecule has 0 heterocycles. The summed E-state index contributed by atoms with van der Waals surface area (Å²) in [5.41, 5.74) is 3.32. The molecule has 0 spiro atoms. The summed E-state index contributed by atoms with van der Waals surface area (Å²) in [6.45, 7) is 6.48. The van der Waals surface area contributed by atoms with Crippen LogP contribution in [0.2, 0.25) is 0 Å². The first-order valence-electron chi connectivity index (χ1n) is 7.93. The highest BCUT2D eigenvalue weighted by atomic mass is 16.1. The summed E-state index contributed by atoms with van der Waals surface area (Å²) >= 11 is 0. The van der Waals surface area contributed by atoms with Gasteiger partial charge in [-0.15, -0.1) is 0 Å². The molecule has 0 amide bonds. The van der Waals surface area contributed by atoms with Crippen LogP contribution in [0.25, 0.3) is 6.08 Å². The molecule has 1 saturated carbocycles. The Kier molecular flexibility index (Phi) is 4.87. The van der Waals surface area contributed by atoms with Crippen LogP contribution in [-0.4, -0.2) is 19.9 Å². The Morgan fingerprint density at radius 1 is 1.14 bits per heavy atom. The van der Waals surface area contributed by atoms with Crippen LogP contribution in [0.1, 0.15) is 39.2 Å². The van der Waals surface area contributed by atoms with E-state index >= 15 is 0 Å². The molecule has 0 radical (unpaired) electrons. The molecule has 1 fully saturated rings. The molecule has 1 aromatic carbocycles. The van der Waals surface area contributed by atoms with Crippen molar-refractivity contribution in [1.29, 1.82) is 0 Å². The van der Waals surface area contributed by atoms with Gasteiger partial charge >= 0.3 is 0 Å². The van der Waals surface area contributed by atoms with Crippen molar-refractivity contribution in [3.63, 3.8) is 0 Å². The second-order valence-electron chi connectivity index (χ2n) is 6.78. The number of Topliss-reactive ketones (excluding diaryl/α,β-unsaturated/α-hetero) is 1. The number of ketones is 1. The van der Waals surface area contributed by atoms with Gasteiger partial charge in [0.2, 0.25) is 0 Å². The molecule has 1 aliphatic carbocycles. The highest BCUT2D eigenvalue weighted by molar-refractivity contribution is 6.02. The number of hydrogen-bond donors (Lipinski definition) is 0. The summed E-state index contributed by atoms with van der Waals surface area (Å²) in [5, 5.41) is 0. The van der Waals surface area contributed by atoms with E-state index in [1.54, 1.807) is 0 Å². The minimum atomic E-state index is 0.202. The highest BCUT2D eigenvalue weighted by Crippen LogP contribution is 2.35. The molecule has 1 aliphatic rings. The first kappa shape index (κ1) is 15.8. The maximum Gasteiger partial charge on any atom is 0.162 e. The van der Waals surface area contributed by atoms with E-state index in [0.717, 1.165) is 24.0 Å². The Hall–Kier alpha value is -1.57. The van der Waals surface area contributed by atoms with Gasteiger partial charge in [-0.3, -0.25) is 4.79 Å². The third kappa shape index (κ3) is 3.55. The average molecular weight is 285 g/mol. The number of rotatable bonds is 3. The van der Waals surface area contributed by atoms with Gasteiger partial charge in [0.1, 0.15) is 0 Å². The van der Waals surface area contributed by atoms with Crippen molar-refractivity contribution in [1.82, 2.24) is 0 Å². The van der Waals surface area contributed by atoms with E-state index in [0.29, 0.717) is 17.6 Å². The van der Waals surface area contributed by atoms with E-state index in [1.165, 1.54) is 5.69 Å². The Morgan fingerprint density at radius 3 is 2.29 bits per heavy atom. The Bertz CT molecular complexity index is 525. The molecule has 114 valence electrons. The van der Waals surface area contributed by atoms with Crippen LogP contribution in [0.3, 0.4) is 0 Å². The standard InChI is InChI=1S/C19H27NO/c1-13(2)17-11-6-14(3)18(19(17)21)12-15-7-9-16(10-8-15)20(4)5/h7-10,12-14,17H,6,11H2,1-5H3/t14-,17+/m1/s1. The van der Waals surface area contributed by atoms with Gasteiger partial charge in [0.25, 0.3) is 0 Å². The Labute approximate surface area is 128 Å². The van der Waals surface area contributed by atoms with Gasteiger partial charge in [-0.25, -0.2) is 0 Å². The number of carbonyl (C=O) groups excluding carboxylic acids is 1. The van der Waals surface area contributed by atoms with Crippen molar-refractivity contribution in [2.45, 2.75) is 33.6 Å². The zero-order valence-corrected chi connectivity index (χ0v) is 13.9. The number of carbonyl (C=O) groups is 1. The van der Waals surface area contributed by atoms with Gasteiger partial charge in [0.15, 0.2) is 5.78 Å². The van der Waals surface area contributed by atoms with E-state index < -0.39 is 0 Å². The third-order valence-electron chi connectivity index (χ3n) is 4.60. The quantitative estimate of drug-likeness (QED) is 0.767. The van der Waals surface area contributed by atoms with Crippen LogP contribution in [0.4, 0.5) is 5.69 Å². The monoisotopic (exact) mass is 285 g/mol. The van der Waals surface area contributed by atoms with E-state index in [9.17, 15) is 4.79 Å². The molecular weight excluding hydrogens is 258 g/mol. The van der Waals surface area contributed by atoms with E-state index in [-0.39, 0.29) is 5.92 Å². The maximum atomic E-state index is 12.7. The van der Waals surface area contributed by atoms with Gasteiger partial charge in [0.05, 0.1) is 0 Å². The maximum absolute atomic E-state index is 12.7. The minimum absolute atomic E-state index is 0.202. The van der Waals surface area contributed by atoms with E-state index in [2.05, 4.69) is 56.0 Å². The lowest BCUT2D eigenvalue weighted by molar-refractivity contribution is -0.122. The molecule has 1 aromatic rings. The van der Waals surface area contributed by atoms with Crippen LogP contribution in [0, 0.1) is 17.8 Å². The van der Waals surface area contributed by atoms with Crippen molar-refractivity contribution in [3.05, 3.63) is 35.4 Å². The van der Waals surface area contributed by atoms with Crippen molar-refractivity contribution >= 4 is 17.5 Å². The summed E-state index contributed by atoms with van der Waals surface area (Å²) in [5.74, 6) is 1.37. The third-order valence-corrected chi connectivity index (χ3v) is 4.60. The predicted octanol–water partition coefficient (Wildman–Crippen LogP) is 4.41. The average Bonchev–Trinajstić information content (AvgIpc) is 2.43. The molecular formula is C19H27NO. The van der Waals surface area contributed by atoms with Gasteiger partial charge in [0, 0.05) is 25.7 Å². The topological polar surface area (TPSA) is 20.3 Å². The number of hydrogen-bond acceptors (Lipinski definition) is 2. The predicted molar refractivity (Wildman–Crippen MR) is 90.5 cm³/mol. The van der Waals surface area contributed by atoms with Gasteiger partial charge < -0.3 is 4.90 Å². The summed E-state index contributed by atoms with van der Waals surface area (Å²) in [6.07, 6.45) is 4.26. The molecule has 2 atom stereocenters. The van der Waals surface area contributed by atoms with Crippen LogP contribution in [0.5, 0.6) is 0 Å². The fourth-order valence-electron chi connectivity index (χ4n) is 3.07. The molecule has 0 unspecified atom stereocenters. The highest BCUT2D eigenvalue weighted by Gasteiger charge is 2.32. The molecule has 0 saturated heterocycles. The van der Waals surface area contributed by atoms with Crippen molar-refractivity contribution < 1.29 is 4.79 Å². The number of benzene rings is 1. The molecule has 2 heteroatoms. The van der Waals surface area contributed by atoms with Gasteiger partial charge in [-0.1, -0.05) is 32.9 Å². The number of allylic oxidation sites excluding steroid dienone is 1. The van der Waals surface area contributed by atoms with Crippen LogP contribution < -0.4 is 4.90 Å². The fraction of sp³-hybridized carbons (Fsp3) is 0.526. The van der Waals surface area contributed by atoms with Crippen molar-refractivity contribution in [3.8, 4) is 0 Å². The zero-order valence-electron chi connectivity index (χ0n) is 13.9. The van der Waals surface area contributed by atoms with Gasteiger partial charge in [-0.05, 0) is 54.0 Å². The second kappa shape index (κ2) is 6.46. The minimum Gasteiger partial charge on any atom is -0.378 e. The lowest BCUT2D eigenvalue weighted by Gasteiger charge is -2.30. The van der Waals surface area contributed by atoms with Crippen LogP contribution in [0.15, 0.2) is 29.8 Å². The Morgan fingerprint density at radius 2 is 1.76 bits per heavy atom. The van der Waals surface area contributed by atoms with E-state index in [4.69, 9.17) is 0 Å². The zero-order chi connectivity index (χ0) is 15.6. The fourth-order valence-corrected chi connectivity index (χ4v) is 3.07. The SMILES string of the molecule is CC(C)[C@@H]1CC[C@@H](C)C(=Cc2ccc(N(C)C)cc2)C1=O. The molecule has 0 N–H and O–H groups in total. The summed E-state index contributed by atoms with van der Waals surface area (Å²) in [6, 6.07) is 8.40. The summed E-state index contributed by atoms with van der Waals surface area (Å²) in [4.78, 5) is 14.8. The van der Waals surface area contributed by atoms with Gasteiger partial charge in [-0.2, -0.15) is 0 Å². The van der Waals surface area contributed by atoms with Crippen LogP contribution >= 0.6 is 0 Å². The second-order valence-corrected chi connectivity index (χ2v) is 6.78. The normalized spacial score (nSPS) is 24.7. The molecule has 2 rings (SSSR count). The number of anilines is 1. The number of nitrogens with zero attached hydrogens (tertiary/aromatic N) is 1. The first-order valence-corrected chi connectivity index (χ1v) is 7.93. The molecule has 0 aromatic heterocycles.